The van der Waals surface area contributed by atoms with Crippen LogP contribution in [0.15, 0.2) is 53.5 Å². The van der Waals surface area contributed by atoms with E-state index in [9.17, 15) is 14.7 Å². The number of halogens is 1. The van der Waals surface area contributed by atoms with E-state index in [-0.39, 0.29) is 24.4 Å². The number of rotatable bonds is 6. The number of hydrogen-bond acceptors (Lipinski definition) is 3. The molecule has 1 aromatic heterocycles. The predicted molar refractivity (Wildman–Crippen MR) is 84.7 cm³/mol. The molecule has 0 saturated heterocycles. The van der Waals surface area contributed by atoms with Gasteiger partial charge in [-0.3, -0.25) is 9.59 Å². The average Bonchev–Trinajstić information content (AvgIpc) is 2.52. The number of amides is 1. The Kier molecular flexibility index (Phi) is 5.75. The van der Waals surface area contributed by atoms with Crippen molar-refractivity contribution in [2.24, 2.45) is 0 Å². The monoisotopic (exact) mass is 320 g/mol. The third-order valence-electron chi connectivity index (χ3n) is 3.23. The van der Waals surface area contributed by atoms with E-state index in [1.807, 2.05) is 0 Å². The van der Waals surface area contributed by atoms with E-state index in [1.54, 1.807) is 42.6 Å². The smallest absolute Gasteiger partial charge is 0.250 e. The van der Waals surface area contributed by atoms with Crippen LogP contribution in [0.25, 0.3) is 0 Å². The standard InChI is InChI=1S/C16H17ClN2O3/c17-13-6-4-12(5-7-13)14(20)11-18-15(21)8-10-19-9-2-1-3-16(19)22/h1-7,9,14,20H,8,10-11H2,(H,18,21). The number of aliphatic hydroxyl groups excluding tert-OH is 1. The van der Waals surface area contributed by atoms with E-state index in [2.05, 4.69) is 5.32 Å². The van der Waals surface area contributed by atoms with Gasteiger partial charge >= 0.3 is 0 Å². The second kappa shape index (κ2) is 7.77. The topological polar surface area (TPSA) is 71.3 Å². The Labute approximate surface area is 133 Å². The van der Waals surface area contributed by atoms with E-state index in [0.717, 1.165) is 0 Å². The molecule has 2 N–H and O–H groups in total. The average molecular weight is 321 g/mol. The number of aryl methyl sites for hydroxylation is 1. The number of benzene rings is 1. The van der Waals surface area contributed by atoms with Gasteiger partial charge in [-0.05, 0) is 23.8 Å². The van der Waals surface area contributed by atoms with E-state index in [4.69, 9.17) is 11.6 Å². The van der Waals surface area contributed by atoms with E-state index >= 15 is 0 Å². The molecule has 0 bridgehead atoms. The Balaban J connectivity index is 1.79. The van der Waals surface area contributed by atoms with Gasteiger partial charge in [0.15, 0.2) is 0 Å². The SMILES string of the molecule is O=C(CCn1ccccc1=O)NCC(O)c1ccc(Cl)cc1. The quantitative estimate of drug-likeness (QED) is 0.851. The normalized spacial score (nSPS) is 11.9. The minimum absolute atomic E-state index is 0.115. The first kappa shape index (κ1) is 16.3. The van der Waals surface area contributed by atoms with Crippen molar-refractivity contribution in [1.29, 1.82) is 0 Å². The molecule has 1 atom stereocenters. The molecule has 0 radical (unpaired) electrons. The highest BCUT2D eigenvalue weighted by atomic mass is 35.5. The molecular formula is C16H17ClN2O3. The van der Waals surface area contributed by atoms with Crippen LogP contribution in [0.5, 0.6) is 0 Å². The van der Waals surface area contributed by atoms with Crippen LogP contribution >= 0.6 is 11.6 Å². The van der Waals surface area contributed by atoms with Crippen LogP contribution in [-0.4, -0.2) is 22.1 Å². The number of aliphatic hydroxyl groups is 1. The van der Waals surface area contributed by atoms with Crippen molar-refractivity contribution in [3.05, 3.63) is 69.6 Å². The van der Waals surface area contributed by atoms with Crippen LogP contribution in [0.4, 0.5) is 0 Å². The summed E-state index contributed by atoms with van der Waals surface area (Å²) in [4.78, 5) is 23.2. The maximum Gasteiger partial charge on any atom is 0.250 e. The molecule has 0 fully saturated rings. The fraction of sp³-hybridized carbons (Fsp3) is 0.250. The summed E-state index contributed by atoms with van der Waals surface area (Å²) in [6.45, 7) is 0.423. The van der Waals surface area contributed by atoms with Crippen LogP contribution in [0, 0.1) is 0 Å². The summed E-state index contributed by atoms with van der Waals surface area (Å²) in [5.41, 5.74) is 0.542. The number of nitrogens with zero attached hydrogens (tertiary/aromatic N) is 1. The van der Waals surface area contributed by atoms with Gasteiger partial charge in [0.25, 0.3) is 5.56 Å². The molecule has 2 rings (SSSR count). The summed E-state index contributed by atoms with van der Waals surface area (Å²) in [7, 11) is 0. The van der Waals surface area contributed by atoms with Gasteiger partial charge in [-0.15, -0.1) is 0 Å². The van der Waals surface area contributed by atoms with Gasteiger partial charge in [-0.25, -0.2) is 0 Å². The van der Waals surface area contributed by atoms with Crippen molar-refractivity contribution in [2.75, 3.05) is 6.54 Å². The van der Waals surface area contributed by atoms with Crippen LogP contribution < -0.4 is 10.9 Å². The first-order chi connectivity index (χ1) is 10.6. The van der Waals surface area contributed by atoms with Crippen molar-refractivity contribution in [3.63, 3.8) is 0 Å². The molecule has 0 saturated carbocycles. The highest BCUT2D eigenvalue weighted by Crippen LogP contribution is 2.15. The van der Waals surface area contributed by atoms with Crippen molar-refractivity contribution < 1.29 is 9.90 Å². The maximum absolute atomic E-state index is 11.8. The van der Waals surface area contributed by atoms with Crippen molar-refractivity contribution in [3.8, 4) is 0 Å². The molecule has 0 aliphatic carbocycles. The summed E-state index contributed by atoms with van der Waals surface area (Å²) < 4.78 is 1.47. The lowest BCUT2D eigenvalue weighted by Crippen LogP contribution is -2.30. The van der Waals surface area contributed by atoms with E-state index in [0.29, 0.717) is 17.1 Å². The Morgan fingerprint density at radius 1 is 1.23 bits per heavy atom. The maximum atomic E-state index is 11.8. The second-order valence-electron chi connectivity index (χ2n) is 4.85. The third-order valence-corrected chi connectivity index (χ3v) is 3.48. The molecule has 0 aliphatic rings. The minimum Gasteiger partial charge on any atom is -0.387 e. The fourth-order valence-corrected chi connectivity index (χ4v) is 2.10. The number of pyridine rings is 1. The largest absolute Gasteiger partial charge is 0.387 e. The highest BCUT2D eigenvalue weighted by Gasteiger charge is 2.09. The summed E-state index contributed by atoms with van der Waals surface area (Å²) in [5.74, 6) is -0.219. The van der Waals surface area contributed by atoms with E-state index in [1.165, 1.54) is 10.6 Å². The second-order valence-corrected chi connectivity index (χ2v) is 5.29. The summed E-state index contributed by atoms with van der Waals surface area (Å²) in [6, 6.07) is 11.6. The number of aromatic nitrogens is 1. The van der Waals surface area contributed by atoms with Gasteiger partial charge in [-0.1, -0.05) is 29.8 Å². The molecule has 0 spiro atoms. The molecule has 0 aliphatic heterocycles. The van der Waals surface area contributed by atoms with Crippen molar-refractivity contribution in [1.82, 2.24) is 9.88 Å². The van der Waals surface area contributed by atoms with E-state index < -0.39 is 6.10 Å². The number of nitrogens with one attached hydrogen (secondary N) is 1. The Hall–Kier alpha value is -2.11. The van der Waals surface area contributed by atoms with Crippen LogP contribution in [0.3, 0.4) is 0 Å². The molecule has 1 amide bonds. The first-order valence-electron chi connectivity index (χ1n) is 6.92. The Bertz CT molecular complexity index is 682. The number of carbonyl (C=O) groups excluding carboxylic acids is 1. The van der Waals surface area contributed by atoms with Gasteiger partial charge in [0.05, 0.1) is 6.10 Å². The molecule has 2 aromatic rings. The van der Waals surface area contributed by atoms with Gasteiger partial charge in [-0.2, -0.15) is 0 Å². The zero-order valence-corrected chi connectivity index (χ0v) is 12.7. The van der Waals surface area contributed by atoms with Crippen molar-refractivity contribution in [2.45, 2.75) is 19.1 Å². The fourth-order valence-electron chi connectivity index (χ4n) is 1.97. The summed E-state index contributed by atoms with van der Waals surface area (Å²) in [6.07, 6.45) is 1.02. The number of carbonyl (C=O) groups is 1. The molecule has 116 valence electrons. The lowest BCUT2D eigenvalue weighted by atomic mass is 10.1. The van der Waals surface area contributed by atoms with Crippen LogP contribution in [0.1, 0.15) is 18.1 Å². The zero-order chi connectivity index (χ0) is 15.9. The van der Waals surface area contributed by atoms with Crippen molar-refractivity contribution >= 4 is 17.5 Å². The van der Waals surface area contributed by atoms with Gasteiger partial charge in [0.2, 0.25) is 5.91 Å². The van der Waals surface area contributed by atoms with Gasteiger partial charge < -0.3 is 15.0 Å². The summed E-state index contributed by atoms with van der Waals surface area (Å²) in [5, 5.41) is 13.2. The minimum atomic E-state index is -0.791. The molecule has 1 heterocycles. The molecular weight excluding hydrogens is 304 g/mol. The highest BCUT2D eigenvalue weighted by molar-refractivity contribution is 6.30. The lowest BCUT2D eigenvalue weighted by molar-refractivity contribution is -0.121. The molecule has 1 aromatic carbocycles. The molecule has 6 heteroatoms. The lowest BCUT2D eigenvalue weighted by Gasteiger charge is -2.12. The molecule has 5 nitrogen and oxygen atoms in total. The zero-order valence-electron chi connectivity index (χ0n) is 11.9. The first-order valence-corrected chi connectivity index (χ1v) is 7.30. The van der Waals surface area contributed by atoms with Crippen LogP contribution in [-0.2, 0) is 11.3 Å². The van der Waals surface area contributed by atoms with Gasteiger partial charge in [0, 0.05) is 36.8 Å². The Morgan fingerprint density at radius 2 is 1.95 bits per heavy atom. The third kappa shape index (κ3) is 4.72. The Morgan fingerprint density at radius 3 is 2.64 bits per heavy atom. The van der Waals surface area contributed by atoms with Gasteiger partial charge in [0.1, 0.15) is 0 Å². The number of hydrogen-bond donors (Lipinski definition) is 2. The predicted octanol–water partition coefficient (Wildman–Crippen LogP) is 1.74. The summed E-state index contributed by atoms with van der Waals surface area (Å²) >= 11 is 5.78. The molecule has 22 heavy (non-hydrogen) atoms. The molecule has 1 unspecified atom stereocenters. The van der Waals surface area contributed by atoms with Crippen LogP contribution in [0.2, 0.25) is 5.02 Å².